The van der Waals surface area contributed by atoms with Gasteiger partial charge in [-0.05, 0) is 49.9 Å². The molecule has 5 nitrogen and oxygen atoms in total. The van der Waals surface area contributed by atoms with Gasteiger partial charge in [0.25, 0.3) is 5.91 Å². The van der Waals surface area contributed by atoms with Crippen LogP contribution < -0.4 is 0 Å². The van der Waals surface area contributed by atoms with Crippen molar-refractivity contribution < 1.29 is 17.9 Å². The van der Waals surface area contributed by atoms with Crippen LogP contribution in [0.1, 0.15) is 34.3 Å². The summed E-state index contributed by atoms with van der Waals surface area (Å²) in [7, 11) is -1.41. The normalized spacial score (nSPS) is 19.7. The molecule has 128 valence electrons. The highest BCUT2D eigenvalue weighted by Gasteiger charge is 2.34. The van der Waals surface area contributed by atoms with Gasteiger partial charge in [-0.25, -0.2) is 8.42 Å². The molecule has 1 heterocycles. The van der Waals surface area contributed by atoms with Crippen LogP contribution in [0.4, 0.5) is 0 Å². The second kappa shape index (κ2) is 7.45. The average molecular weight is 339 g/mol. The lowest BCUT2D eigenvalue weighted by atomic mass is 10.0. The number of methoxy groups -OCH3 is 1. The molecular weight excluding hydrogens is 314 g/mol. The number of amides is 1. The molecule has 0 saturated carbocycles. The molecule has 1 aromatic carbocycles. The summed E-state index contributed by atoms with van der Waals surface area (Å²) >= 11 is 0. The molecule has 1 aromatic rings. The molecule has 23 heavy (non-hydrogen) atoms. The summed E-state index contributed by atoms with van der Waals surface area (Å²) in [6, 6.07) is 5.40. The highest BCUT2D eigenvalue weighted by molar-refractivity contribution is 7.91. The Labute approximate surface area is 138 Å². The Hall–Kier alpha value is -1.40. The second-order valence-electron chi connectivity index (χ2n) is 6.20. The number of carbonyl (C=O) groups is 1. The van der Waals surface area contributed by atoms with E-state index in [1.165, 1.54) is 0 Å². The molecule has 1 fully saturated rings. The number of hydrogen-bond donors (Lipinski definition) is 0. The second-order valence-corrected chi connectivity index (χ2v) is 8.43. The van der Waals surface area contributed by atoms with Gasteiger partial charge in [-0.1, -0.05) is 6.07 Å². The molecule has 0 bridgehead atoms. The molecule has 6 heteroatoms. The van der Waals surface area contributed by atoms with E-state index in [2.05, 4.69) is 0 Å². The molecule has 1 atom stereocenters. The minimum atomic E-state index is -3.03. The molecule has 1 aliphatic rings. The van der Waals surface area contributed by atoms with Crippen LogP contribution in [0.15, 0.2) is 18.2 Å². The number of benzene rings is 1. The Morgan fingerprint density at radius 3 is 2.61 bits per heavy atom. The van der Waals surface area contributed by atoms with Crippen LogP contribution in [0.2, 0.25) is 0 Å². The first kappa shape index (κ1) is 17.9. The van der Waals surface area contributed by atoms with E-state index in [1.807, 2.05) is 32.0 Å². The fourth-order valence-electron chi connectivity index (χ4n) is 2.89. The third kappa shape index (κ3) is 4.54. The number of rotatable bonds is 6. The van der Waals surface area contributed by atoms with E-state index in [9.17, 15) is 13.2 Å². The number of hydrogen-bond acceptors (Lipinski definition) is 4. The van der Waals surface area contributed by atoms with E-state index in [0.717, 1.165) is 11.1 Å². The molecule has 0 spiro atoms. The van der Waals surface area contributed by atoms with E-state index >= 15 is 0 Å². The molecule has 0 N–H and O–H groups in total. The van der Waals surface area contributed by atoms with Gasteiger partial charge in [0, 0.05) is 31.9 Å². The summed E-state index contributed by atoms with van der Waals surface area (Å²) in [6.45, 7) is 5.04. The Kier molecular flexibility index (Phi) is 5.81. The monoisotopic (exact) mass is 339 g/mol. The van der Waals surface area contributed by atoms with Crippen molar-refractivity contribution in [2.45, 2.75) is 32.7 Å². The van der Waals surface area contributed by atoms with E-state index in [1.54, 1.807) is 12.0 Å². The van der Waals surface area contributed by atoms with Gasteiger partial charge in [0.1, 0.15) is 0 Å². The third-order valence-corrected chi connectivity index (χ3v) is 6.16. The highest BCUT2D eigenvalue weighted by Crippen LogP contribution is 2.21. The smallest absolute Gasteiger partial charge is 0.254 e. The van der Waals surface area contributed by atoms with Crippen LogP contribution in [-0.2, 0) is 14.6 Å². The van der Waals surface area contributed by atoms with Crippen LogP contribution in [0.3, 0.4) is 0 Å². The van der Waals surface area contributed by atoms with Crippen molar-refractivity contribution in [1.29, 1.82) is 0 Å². The Morgan fingerprint density at radius 1 is 1.30 bits per heavy atom. The van der Waals surface area contributed by atoms with Gasteiger partial charge < -0.3 is 9.64 Å². The van der Waals surface area contributed by atoms with E-state index in [0.29, 0.717) is 31.6 Å². The highest BCUT2D eigenvalue weighted by atomic mass is 32.2. The maximum absolute atomic E-state index is 12.9. The average Bonchev–Trinajstić information content (AvgIpc) is 2.86. The fourth-order valence-corrected chi connectivity index (χ4v) is 4.62. The maximum atomic E-state index is 12.9. The van der Waals surface area contributed by atoms with Gasteiger partial charge in [0.05, 0.1) is 11.5 Å². The minimum Gasteiger partial charge on any atom is -0.385 e. The Balaban J connectivity index is 2.21. The maximum Gasteiger partial charge on any atom is 0.254 e. The molecule has 1 aliphatic heterocycles. The molecule has 0 aromatic heterocycles. The number of carbonyl (C=O) groups excluding carboxylic acids is 1. The predicted molar refractivity (Wildman–Crippen MR) is 90.5 cm³/mol. The van der Waals surface area contributed by atoms with Crippen LogP contribution in [0.25, 0.3) is 0 Å². The first-order valence-electron chi connectivity index (χ1n) is 7.91. The van der Waals surface area contributed by atoms with Gasteiger partial charge in [-0.2, -0.15) is 0 Å². The third-order valence-electron chi connectivity index (χ3n) is 4.41. The van der Waals surface area contributed by atoms with Gasteiger partial charge >= 0.3 is 0 Å². The van der Waals surface area contributed by atoms with E-state index in [4.69, 9.17) is 4.74 Å². The van der Waals surface area contributed by atoms with Crippen molar-refractivity contribution in [2.75, 3.05) is 31.8 Å². The van der Waals surface area contributed by atoms with Gasteiger partial charge in [-0.15, -0.1) is 0 Å². The van der Waals surface area contributed by atoms with Crippen LogP contribution in [-0.4, -0.2) is 57.0 Å². The molecule has 2 rings (SSSR count). The number of aryl methyl sites for hydroxylation is 2. The van der Waals surface area contributed by atoms with Crippen molar-refractivity contribution >= 4 is 15.7 Å². The molecule has 1 saturated heterocycles. The van der Waals surface area contributed by atoms with Gasteiger partial charge in [-0.3, -0.25) is 4.79 Å². The van der Waals surface area contributed by atoms with Crippen LogP contribution in [0, 0.1) is 13.8 Å². The summed E-state index contributed by atoms with van der Waals surface area (Å²) in [5.41, 5.74) is 2.82. The van der Waals surface area contributed by atoms with Crippen molar-refractivity contribution in [2.24, 2.45) is 0 Å². The topological polar surface area (TPSA) is 63.7 Å². The molecule has 0 radical (unpaired) electrons. The first-order chi connectivity index (χ1) is 10.8. The van der Waals surface area contributed by atoms with Gasteiger partial charge in [0.2, 0.25) is 0 Å². The zero-order valence-electron chi connectivity index (χ0n) is 14.0. The van der Waals surface area contributed by atoms with Crippen molar-refractivity contribution in [1.82, 2.24) is 4.90 Å². The minimum absolute atomic E-state index is 0.0660. The largest absolute Gasteiger partial charge is 0.385 e. The summed E-state index contributed by atoms with van der Waals surface area (Å²) < 4.78 is 28.6. The number of nitrogens with zero attached hydrogens (tertiary/aromatic N) is 1. The lowest BCUT2D eigenvalue weighted by molar-refractivity contribution is 0.0674. The Morgan fingerprint density at radius 2 is 2.04 bits per heavy atom. The number of sulfone groups is 1. The van der Waals surface area contributed by atoms with Crippen LogP contribution >= 0.6 is 0 Å². The lowest BCUT2D eigenvalue weighted by Gasteiger charge is -2.28. The van der Waals surface area contributed by atoms with E-state index in [-0.39, 0.29) is 23.5 Å². The van der Waals surface area contributed by atoms with Crippen molar-refractivity contribution in [3.63, 3.8) is 0 Å². The zero-order chi connectivity index (χ0) is 17.0. The lowest BCUT2D eigenvalue weighted by Crippen LogP contribution is -2.42. The number of ether oxygens (including phenoxy) is 1. The first-order valence-corrected chi connectivity index (χ1v) is 9.74. The molecule has 0 unspecified atom stereocenters. The van der Waals surface area contributed by atoms with E-state index < -0.39 is 9.84 Å². The van der Waals surface area contributed by atoms with Crippen LogP contribution in [0.5, 0.6) is 0 Å². The standard InChI is InChI=1S/C17H25NO4S/c1-13-5-6-15(11-14(13)2)17(19)18(8-4-9-22-3)16-7-10-23(20,21)12-16/h5-6,11,16H,4,7-10,12H2,1-3H3/t16-/m1/s1. The summed E-state index contributed by atoms with van der Waals surface area (Å²) in [6.07, 6.45) is 1.22. The summed E-state index contributed by atoms with van der Waals surface area (Å²) in [5.74, 6) is 0.140. The fraction of sp³-hybridized carbons (Fsp3) is 0.588. The quantitative estimate of drug-likeness (QED) is 0.743. The molecule has 0 aliphatic carbocycles. The predicted octanol–water partition coefficient (Wildman–Crippen LogP) is 1.97. The molecular formula is C17H25NO4S. The van der Waals surface area contributed by atoms with Crippen molar-refractivity contribution in [3.05, 3.63) is 34.9 Å². The summed E-state index contributed by atoms with van der Waals surface area (Å²) in [5, 5.41) is 0. The Bertz CT molecular complexity index is 669. The molecule has 1 amide bonds. The summed E-state index contributed by atoms with van der Waals surface area (Å²) in [4.78, 5) is 14.6. The zero-order valence-corrected chi connectivity index (χ0v) is 14.9. The van der Waals surface area contributed by atoms with Gasteiger partial charge in [0.15, 0.2) is 9.84 Å². The SMILES string of the molecule is COCCCN(C(=O)c1ccc(C)c(C)c1)[C@@H]1CCS(=O)(=O)C1. The van der Waals surface area contributed by atoms with Crippen molar-refractivity contribution in [3.8, 4) is 0 Å².